The smallest absolute Gasteiger partial charge is 0.126 e. The van der Waals surface area contributed by atoms with Crippen molar-refractivity contribution in [2.24, 2.45) is 5.92 Å². The van der Waals surface area contributed by atoms with Crippen LogP contribution in [0.25, 0.3) is 0 Å². The van der Waals surface area contributed by atoms with Crippen LogP contribution >= 0.6 is 0 Å². The van der Waals surface area contributed by atoms with E-state index in [4.69, 9.17) is 0 Å². The molecule has 1 aromatic heterocycles. The van der Waals surface area contributed by atoms with Gasteiger partial charge < -0.3 is 9.67 Å². The SMILES string of the molecule is CN1CCCC1c1ncc2n1CC(CO)CC2. The van der Waals surface area contributed by atoms with Gasteiger partial charge in [-0.3, -0.25) is 4.90 Å². The Morgan fingerprint density at radius 1 is 1.47 bits per heavy atom. The van der Waals surface area contributed by atoms with Gasteiger partial charge in [0.15, 0.2) is 0 Å². The Balaban J connectivity index is 1.89. The van der Waals surface area contributed by atoms with Crippen LogP contribution in [-0.2, 0) is 13.0 Å². The van der Waals surface area contributed by atoms with Crippen molar-refractivity contribution in [1.29, 1.82) is 0 Å². The first kappa shape index (κ1) is 11.2. The molecule has 17 heavy (non-hydrogen) atoms. The molecule has 3 heterocycles. The first-order valence-corrected chi connectivity index (χ1v) is 6.65. The van der Waals surface area contributed by atoms with Crippen molar-refractivity contribution in [3.63, 3.8) is 0 Å². The van der Waals surface area contributed by atoms with Crippen LogP contribution in [0, 0.1) is 5.92 Å². The van der Waals surface area contributed by atoms with Gasteiger partial charge in [0, 0.05) is 31.0 Å². The summed E-state index contributed by atoms with van der Waals surface area (Å²) in [6.45, 7) is 2.43. The lowest BCUT2D eigenvalue weighted by atomic mass is 9.99. The number of aliphatic hydroxyl groups is 1. The number of fused-ring (bicyclic) bond motifs is 1. The molecule has 1 saturated heterocycles. The van der Waals surface area contributed by atoms with E-state index >= 15 is 0 Å². The van der Waals surface area contributed by atoms with Gasteiger partial charge in [-0.1, -0.05) is 0 Å². The van der Waals surface area contributed by atoms with Gasteiger partial charge in [-0.15, -0.1) is 0 Å². The van der Waals surface area contributed by atoms with Crippen LogP contribution in [0.3, 0.4) is 0 Å². The molecule has 94 valence electrons. The fraction of sp³-hybridized carbons (Fsp3) is 0.769. The fourth-order valence-electron chi connectivity index (χ4n) is 3.19. The Hall–Kier alpha value is -0.870. The minimum Gasteiger partial charge on any atom is -0.396 e. The summed E-state index contributed by atoms with van der Waals surface area (Å²) in [5, 5.41) is 9.32. The van der Waals surface area contributed by atoms with E-state index in [0.717, 1.165) is 19.4 Å². The van der Waals surface area contributed by atoms with E-state index in [2.05, 4.69) is 21.5 Å². The van der Waals surface area contributed by atoms with Crippen LogP contribution in [-0.4, -0.2) is 39.8 Å². The van der Waals surface area contributed by atoms with E-state index in [9.17, 15) is 5.11 Å². The summed E-state index contributed by atoms with van der Waals surface area (Å²) in [6, 6.07) is 0.487. The quantitative estimate of drug-likeness (QED) is 0.837. The molecule has 2 aliphatic rings. The van der Waals surface area contributed by atoms with Crippen molar-refractivity contribution in [2.75, 3.05) is 20.2 Å². The monoisotopic (exact) mass is 235 g/mol. The molecule has 4 nitrogen and oxygen atoms in total. The summed E-state index contributed by atoms with van der Waals surface area (Å²) < 4.78 is 2.36. The standard InChI is InChI=1S/C13H21N3O/c1-15-6-2-3-12(15)13-14-7-11-5-4-10(9-17)8-16(11)13/h7,10,12,17H,2-6,8-9H2,1H3. The molecular formula is C13H21N3O. The number of nitrogens with zero attached hydrogens (tertiary/aromatic N) is 3. The minimum atomic E-state index is 0.303. The second-order valence-corrected chi connectivity index (χ2v) is 5.44. The molecule has 2 atom stereocenters. The summed E-state index contributed by atoms with van der Waals surface area (Å²) in [5.74, 6) is 1.64. The molecule has 0 aliphatic carbocycles. The van der Waals surface area contributed by atoms with Crippen molar-refractivity contribution in [1.82, 2.24) is 14.5 Å². The fourth-order valence-corrected chi connectivity index (χ4v) is 3.19. The molecule has 3 rings (SSSR count). The Labute approximate surface area is 102 Å². The van der Waals surface area contributed by atoms with Crippen LogP contribution in [0.4, 0.5) is 0 Å². The van der Waals surface area contributed by atoms with Crippen LogP contribution < -0.4 is 0 Å². The average Bonchev–Trinajstić information content (AvgIpc) is 2.94. The van der Waals surface area contributed by atoms with E-state index in [1.165, 1.54) is 30.9 Å². The number of rotatable bonds is 2. The van der Waals surface area contributed by atoms with E-state index < -0.39 is 0 Å². The lowest BCUT2D eigenvalue weighted by molar-refractivity contribution is 0.186. The molecule has 0 aromatic carbocycles. The molecule has 0 saturated carbocycles. The highest BCUT2D eigenvalue weighted by Gasteiger charge is 2.29. The van der Waals surface area contributed by atoms with E-state index in [-0.39, 0.29) is 0 Å². The Morgan fingerprint density at radius 2 is 2.35 bits per heavy atom. The number of aliphatic hydroxyl groups excluding tert-OH is 1. The Bertz CT molecular complexity index is 401. The normalized spacial score (nSPS) is 29.5. The first-order chi connectivity index (χ1) is 8.29. The van der Waals surface area contributed by atoms with Gasteiger partial charge in [0.25, 0.3) is 0 Å². The molecule has 4 heteroatoms. The third kappa shape index (κ3) is 1.89. The van der Waals surface area contributed by atoms with Crippen molar-refractivity contribution in [2.45, 2.75) is 38.3 Å². The maximum atomic E-state index is 9.32. The minimum absolute atomic E-state index is 0.303. The molecule has 1 N–H and O–H groups in total. The molecule has 0 spiro atoms. The molecule has 0 bridgehead atoms. The zero-order valence-electron chi connectivity index (χ0n) is 10.5. The highest BCUT2D eigenvalue weighted by atomic mass is 16.3. The highest BCUT2D eigenvalue weighted by Crippen LogP contribution is 2.32. The largest absolute Gasteiger partial charge is 0.396 e. The third-order valence-electron chi connectivity index (χ3n) is 4.30. The third-order valence-corrected chi connectivity index (χ3v) is 4.30. The molecule has 1 aromatic rings. The van der Waals surface area contributed by atoms with Crippen molar-refractivity contribution >= 4 is 0 Å². The van der Waals surface area contributed by atoms with Gasteiger partial charge in [0.05, 0.1) is 6.04 Å². The predicted octanol–water partition coefficient (Wildman–Crippen LogP) is 1.20. The second-order valence-electron chi connectivity index (χ2n) is 5.44. The maximum Gasteiger partial charge on any atom is 0.126 e. The van der Waals surface area contributed by atoms with Gasteiger partial charge in [-0.2, -0.15) is 0 Å². The topological polar surface area (TPSA) is 41.3 Å². The van der Waals surface area contributed by atoms with Gasteiger partial charge in [0.2, 0.25) is 0 Å². The number of hydrogen-bond donors (Lipinski definition) is 1. The molecule has 0 radical (unpaired) electrons. The summed E-state index contributed by atoms with van der Waals surface area (Å²) in [5.41, 5.74) is 1.35. The van der Waals surface area contributed by atoms with E-state index in [0.29, 0.717) is 18.6 Å². The molecule has 2 unspecified atom stereocenters. The Morgan fingerprint density at radius 3 is 3.06 bits per heavy atom. The molecule has 2 aliphatic heterocycles. The number of hydrogen-bond acceptors (Lipinski definition) is 3. The van der Waals surface area contributed by atoms with Crippen LogP contribution in [0.1, 0.15) is 36.8 Å². The van der Waals surface area contributed by atoms with Gasteiger partial charge in [-0.25, -0.2) is 4.98 Å². The van der Waals surface area contributed by atoms with Crippen LogP contribution in [0.15, 0.2) is 6.20 Å². The van der Waals surface area contributed by atoms with Crippen LogP contribution in [0.5, 0.6) is 0 Å². The average molecular weight is 235 g/mol. The summed E-state index contributed by atoms with van der Waals surface area (Å²) in [6.07, 6.45) is 6.69. The van der Waals surface area contributed by atoms with Crippen molar-refractivity contribution in [3.8, 4) is 0 Å². The highest BCUT2D eigenvalue weighted by molar-refractivity contribution is 5.12. The summed E-state index contributed by atoms with van der Waals surface area (Å²) >= 11 is 0. The maximum absolute atomic E-state index is 9.32. The molecule has 0 amide bonds. The number of aromatic nitrogens is 2. The van der Waals surface area contributed by atoms with Gasteiger partial charge in [0.1, 0.15) is 5.82 Å². The van der Waals surface area contributed by atoms with Gasteiger partial charge >= 0.3 is 0 Å². The lowest BCUT2D eigenvalue weighted by Gasteiger charge is -2.27. The molecular weight excluding hydrogens is 214 g/mol. The number of aryl methyl sites for hydroxylation is 1. The predicted molar refractivity (Wildman–Crippen MR) is 65.7 cm³/mol. The Kier molecular flexibility index (Phi) is 2.92. The first-order valence-electron chi connectivity index (χ1n) is 6.65. The van der Waals surface area contributed by atoms with Crippen LogP contribution in [0.2, 0.25) is 0 Å². The lowest BCUT2D eigenvalue weighted by Crippen LogP contribution is -2.27. The second kappa shape index (κ2) is 4.42. The number of imidazole rings is 1. The summed E-state index contributed by atoms with van der Waals surface area (Å²) in [7, 11) is 2.19. The molecule has 1 fully saturated rings. The van der Waals surface area contributed by atoms with Crippen molar-refractivity contribution in [3.05, 3.63) is 17.7 Å². The zero-order valence-corrected chi connectivity index (χ0v) is 10.5. The zero-order chi connectivity index (χ0) is 11.8. The number of likely N-dealkylation sites (tertiary alicyclic amines) is 1. The van der Waals surface area contributed by atoms with E-state index in [1.807, 2.05) is 6.20 Å². The van der Waals surface area contributed by atoms with Crippen molar-refractivity contribution < 1.29 is 5.11 Å². The van der Waals surface area contributed by atoms with E-state index in [1.54, 1.807) is 0 Å². The summed E-state index contributed by atoms with van der Waals surface area (Å²) in [4.78, 5) is 7.04. The van der Waals surface area contributed by atoms with Gasteiger partial charge in [-0.05, 0) is 39.3 Å².